The van der Waals surface area contributed by atoms with E-state index in [1.165, 1.54) is 0 Å². The molecule has 3 N–H and O–H groups in total. The Hall–Kier alpha value is -1.29. The van der Waals surface area contributed by atoms with Crippen molar-refractivity contribution in [3.8, 4) is 0 Å². The second-order valence-electron chi connectivity index (χ2n) is 4.60. The molecule has 0 aliphatic carbocycles. The van der Waals surface area contributed by atoms with Crippen molar-refractivity contribution in [1.29, 1.82) is 0 Å². The van der Waals surface area contributed by atoms with Crippen LogP contribution in [0.2, 0.25) is 10.0 Å². The number of benzene rings is 2. The summed E-state index contributed by atoms with van der Waals surface area (Å²) < 4.78 is 0. The van der Waals surface area contributed by atoms with Gasteiger partial charge in [-0.3, -0.25) is 0 Å². The Morgan fingerprint density at radius 2 is 1.75 bits per heavy atom. The number of rotatable bonds is 3. The first-order chi connectivity index (χ1) is 9.38. The Balaban J connectivity index is 2.33. The van der Waals surface area contributed by atoms with Crippen molar-refractivity contribution >= 4 is 51.8 Å². The normalized spacial score (nSPS) is 10.4. The molecule has 20 heavy (non-hydrogen) atoms. The maximum Gasteiger partial charge on any atom is 0.104 e. The van der Waals surface area contributed by atoms with E-state index in [0.29, 0.717) is 15.0 Å². The number of anilines is 2. The molecule has 0 aromatic heterocycles. The van der Waals surface area contributed by atoms with Crippen molar-refractivity contribution in [3.05, 3.63) is 57.1 Å². The lowest BCUT2D eigenvalue weighted by molar-refractivity contribution is 1.41. The highest BCUT2D eigenvalue weighted by molar-refractivity contribution is 7.80. The lowest BCUT2D eigenvalue weighted by Gasteiger charge is -2.12. The van der Waals surface area contributed by atoms with Gasteiger partial charge >= 0.3 is 0 Å². The van der Waals surface area contributed by atoms with Crippen molar-refractivity contribution in [2.24, 2.45) is 5.73 Å². The molecule has 2 rings (SSSR count). The third kappa shape index (κ3) is 3.23. The summed E-state index contributed by atoms with van der Waals surface area (Å²) in [5, 5.41) is 4.55. The molecule has 0 spiro atoms. The smallest absolute Gasteiger partial charge is 0.104 e. The zero-order valence-electron chi connectivity index (χ0n) is 11.1. The minimum Gasteiger partial charge on any atom is -0.389 e. The van der Waals surface area contributed by atoms with Gasteiger partial charge in [-0.05, 0) is 55.3 Å². The molecule has 0 radical (unpaired) electrons. The fourth-order valence-corrected chi connectivity index (χ4v) is 2.57. The van der Waals surface area contributed by atoms with Crippen LogP contribution in [-0.2, 0) is 0 Å². The largest absolute Gasteiger partial charge is 0.389 e. The van der Waals surface area contributed by atoms with E-state index >= 15 is 0 Å². The van der Waals surface area contributed by atoms with E-state index in [9.17, 15) is 0 Å². The fourth-order valence-electron chi connectivity index (χ4n) is 1.92. The van der Waals surface area contributed by atoms with Gasteiger partial charge in [0.15, 0.2) is 0 Å². The molecular weight excluding hydrogens is 311 g/mol. The number of hydrogen-bond acceptors (Lipinski definition) is 2. The molecule has 2 nitrogen and oxygen atoms in total. The summed E-state index contributed by atoms with van der Waals surface area (Å²) in [7, 11) is 0. The van der Waals surface area contributed by atoms with Gasteiger partial charge in [-0.1, -0.05) is 35.4 Å². The molecule has 0 amide bonds. The summed E-state index contributed by atoms with van der Waals surface area (Å²) in [5.41, 5.74) is 10.2. The minimum absolute atomic E-state index is 0.394. The van der Waals surface area contributed by atoms with Crippen molar-refractivity contribution in [2.75, 3.05) is 5.32 Å². The molecule has 0 bridgehead atoms. The van der Waals surface area contributed by atoms with E-state index < -0.39 is 0 Å². The predicted molar refractivity (Wildman–Crippen MR) is 91.5 cm³/mol. The molecule has 0 unspecified atom stereocenters. The van der Waals surface area contributed by atoms with Gasteiger partial charge in [0.1, 0.15) is 4.99 Å². The van der Waals surface area contributed by atoms with Gasteiger partial charge in [-0.25, -0.2) is 0 Å². The van der Waals surface area contributed by atoms with Crippen molar-refractivity contribution < 1.29 is 0 Å². The molecule has 0 heterocycles. The molecule has 0 aliphatic heterocycles. The molecular formula is C15H14Cl2N2S. The average molecular weight is 325 g/mol. The van der Waals surface area contributed by atoms with E-state index in [0.717, 1.165) is 28.1 Å². The highest BCUT2D eigenvalue weighted by Gasteiger charge is 2.07. The Bertz CT molecular complexity index is 684. The van der Waals surface area contributed by atoms with Crippen LogP contribution >= 0.6 is 35.4 Å². The quantitative estimate of drug-likeness (QED) is 0.781. The highest BCUT2D eigenvalue weighted by Crippen LogP contribution is 2.31. The van der Waals surface area contributed by atoms with Crippen molar-refractivity contribution in [2.45, 2.75) is 13.8 Å². The predicted octanol–water partition coefficient (Wildman–Crippen LogP) is 4.99. The number of nitrogens with two attached hydrogens (primary N) is 1. The van der Waals surface area contributed by atoms with Gasteiger partial charge < -0.3 is 11.1 Å². The van der Waals surface area contributed by atoms with Crippen molar-refractivity contribution in [3.63, 3.8) is 0 Å². The standard InChI is InChI=1S/C15H14Cl2N2S/c1-8-5-10(3-4-11(8)15(18)20)19-14-7-12(16)9(2)6-13(14)17/h3-7,19H,1-2H3,(H2,18,20). The van der Waals surface area contributed by atoms with E-state index in [-0.39, 0.29) is 0 Å². The zero-order chi connectivity index (χ0) is 14.9. The van der Waals surface area contributed by atoms with E-state index in [1.807, 2.05) is 44.2 Å². The number of hydrogen-bond donors (Lipinski definition) is 2. The SMILES string of the molecule is Cc1cc(Cl)c(Nc2ccc(C(N)=S)c(C)c2)cc1Cl. The summed E-state index contributed by atoms with van der Waals surface area (Å²) in [4.78, 5) is 0.394. The van der Waals surface area contributed by atoms with Crippen LogP contribution in [0.4, 0.5) is 11.4 Å². The van der Waals surface area contributed by atoms with Gasteiger partial charge in [0.2, 0.25) is 0 Å². The first-order valence-electron chi connectivity index (χ1n) is 6.01. The number of aryl methyl sites for hydroxylation is 2. The second-order valence-corrected chi connectivity index (χ2v) is 5.85. The van der Waals surface area contributed by atoms with Gasteiger partial charge in [0.25, 0.3) is 0 Å². The molecule has 2 aromatic rings. The molecule has 5 heteroatoms. The van der Waals surface area contributed by atoms with Crippen LogP contribution in [0, 0.1) is 13.8 Å². The third-order valence-electron chi connectivity index (χ3n) is 3.02. The summed E-state index contributed by atoms with van der Waals surface area (Å²) in [5.74, 6) is 0. The molecule has 0 fully saturated rings. The minimum atomic E-state index is 0.394. The Morgan fingerprint density at radius 3 is 2.35 bits per heavy atom. The summed E-state index contributed by atoms with van der Waals surface area (Å²) in [6.07, 6.45) is 0. The summed E-state index contributed by atoms with van der Waals surface area (Å²) >= 11 is 17.3. The van der Waals surface area contributed by atoms with Crippen LogP contribution in [0.5, 0.6) is 0 Å². The molecule has 0 atom stereocenters. The molecule has 2 aromatic carbocycles. The Kier molecular flexibility index (Phi) is 4.53. The zero-order valence-corrected chi connectivity index (χ0v) is 13.5. The van der Waals surface area contributed by atoms with Crippen LogP contribution in [0.1, 0.15) is 16.7 Å². The van der Waals surface area contributed by atoms with E-state index in [1.54, 1.807) is 0 Å². The monoisotopic (exact) mass is 324 g/mol. The van der Waals surface area contributed by atoms with Crippen molar-refractivity contribution in [1.82, 2.24) is 0 Å². The summed E-state index contributed by atoms with van der Waals surface area (Å²) in [6.45, 7) is 3.88. The van der Waals surface area contributed by atoms with Gasteiger partial charge in [-0.2, -0.15) is 0 Å². The van der Waals surface area contributed by atoms with Crippen LogP contribution in [0.3, 0.4) is 0 Å². The van der Waals surface area contributed by atoms with Gasteiger partial charge in [-0.15, -0.1) is 0 Å². The first-order valence-corrected chi connectivity index (χ1v) is 7.18. The molecule has 0 saturated heterocycles. The Morgan fingerprint density at radius 1 is 1.05 bits per heavy atom. The van der Waals surface area contributed by atoms with E-state index in [4.69, 9.17) is 41.2 Å². The maximum absolute atomic E-state index is 6.21. The lowest BCUT2D eigenvalue weighted by Crippen LogP contribution is -2.11. The number of halogens is 2. The van der Waals surface area contributed by atoms with Gasteiger partial charge in [0, 0.05) is 16.3 Å². The first kappa shape index (κ1) is 15.1. The molecule has 104 valence electrons. The highest BCUT2D eigenvalue weighted by atomic mass is 35.5. The number of nitrogens with one attached hydrogen (secondary N) is 1. The average Bonchev–Trinajstić information content (AvgIpc) is 2.35. The molecule has 0 aliphatic rings. The van der Waals surface area contributed by atoms with Crippen LogP contribution < -0.4 is 11.1 Å². The lowest BCUT2D eigenvalue weighted by atomic mass is 10.1. The fraction of sp³-hybridized carbons (Fsp3) is 0.133. The topological polar surface area (TPSA) is 38.0 Å². The maximum atomic E-state index is 6.21. The number of thiocarbonyl (C=S) groups is 1. The van der Waals surface area contributed by atoms with Crippen LogP contribution in [0.25, 0.3) is 0 Å². The van der Waals surface area contributed by atoms with Crippen LogP contribution in [0.15, 0.2) is 30.3 Å². The molecule has 0 saturated carbocycles. The van der Waals surface area contributed by atoms with Gasteiger partial charge in [0.05, 0.1) is 10.7 Å². The van der Waals surface area contributed by atoms with E-state index in [2.05, 4.69) is 5.32 Å². The third-order valence-corrected chi connectivity index (χ3v) is 3.96. The Labute approximate surface area is 133 Å². The summed E-state index contributed by atoms with van der Waals surface area (Å²) in [6, 6.07) is 9.42. The van der Waals surface area contributed by atoms with Crippen LogP contribution in [-0.4, -0.2) is 4.99 Å². The second kappa shape index (κ2) is 6.00.